The lowest BCUT2D eigenvalue weighted by atomic mass is 10.1. The normalized spacial score (nSPS) is 21.3. The maximum atomic E-state index is 12.3. The fraction of sp³-hybridized carbons (Fsp3) is 0.267. The first-order valence-corrected chi connectivity index (χ1v) is 8.39. The van der Waals surface area contributed by atoms with Gasteiger partial charge in [-0.3, -0.25) is 0 Å². The highest BCUT2D eigenvalue weighted by Gasteiger charge is 2.27. The molecule has 1 aromatic heterocycles. The summed E-state index contributed by atoms with van der Waals surface area (Å²) in [5.74, 6) is 0.249. The Morgan fingerprint density at radius 1 is 1.27 bits per heavy atom. The zero-order valence-electron chi connectivity index (χ0n) is 11.7. The maximum Gasteiger partial charge on any atom is 0.276 e. The molecule has 0 amide bonds. The van der Waals surface area contributed by atoms with E-state index >= 15 is 0 Å². The number of hydrogen-bond donors (Lipinski definition) is 2. The molecule has 1 aromatic carbocycles. The van der Waals surface area contributed by atoms with Gasteiger partial charge in [-0.2, -0.15) is 0 Å². The van der Waals surface area contributed by atoms with Crippen molar-refractivity contribution in [1.82, 2.24) is 9.71 Å². The fourth-order valence-corrected chi connectivity index (χ4v) is 3.42. The van der Waals surface area contributed by atoms with Crippen molar-refractivity contribution in [2.75, 3.05) is 6.61 Å². The van der Waals surface area contributed by atoms with Gasteiger partial charge in [0.15, 0.2) is 0 Å². The quantitative estimate of drug-likeness (QED) is 0.816. The predicted octanol–water partition coefficient (Wildman–Crippen LogP) is 1.56. The first-order chi connectivity index (χ1) is 10.6. The molecule has 116 valence electrons. The number of rotatable bonds is 5. The minimum atomic E-state index is -3.77. The highest BCUT2D eigenvalue weighted by molar-refractivity contribution is 7.89. The number of nitrogens with one attached hydrogen (secondary N) is 1. The second kappa shape index (κ2) is 6.04. The van der Waals surface area contributed by atoms with Gasteiger partial charge in [-0.25, -0.2) is 18.1 Å². The lowest BCUT2D eigenvalue weighted by Gasteiger charge is -2.11. The molecule has 22 heavy (non-hydrogen) atoms. The van der Waals surface area contributed by atoms with Crippen LogP contribution in [0.1, 0.15) is 6.42 Å². The average molecular weight is 320 g/mol. The van der Waals surface area contributed by atoms with E-state index in [-0.39, 0.29) is 29.5 Å². The Balaban J connectivity index is 1.76. The molecule has 1 aliphatic carbocycles. The second-order valence-corrected chi connectivity index (χ2v) is 6.79. The Kier molecular flexibility index (Phi) is 4.10. The molecule has 0 fully saturated rings. The number of sulfonamides is 1. The van der Waals surface area contributed by atoms with E-state index < -0.39 is 10.0 Å². The van der Waals surface area contributed by atoms with Crippen LogP contribution in [0.5, 0.6) is 0 Å². The molecule has 0 spiro atoms. The molecule has 7 heteroatoms. The van der Waals surface area contributed by atoms with Crippen LogP contribution in [0.15, 0.2) is 58.2 Å². The Hall–Kier alpha value is -1.96. The summed E-state index contributed by atoms with van der Waals surface area (Å²) in [6.07, 6.45) is 5.29. The lowest BCUT2D eigenvalue weighted by molar-refractivity contribution is 0.248. The molecule has 1 heterocycles. The van der Waals surface area contributed by atoms with Gasteiger partial charge in [0, 0.05) is 24.1 Å². The van der Waals surface area contributed by atoms with Crippen molar-refractivity contribution in [1.29, 1.82) is 0 Å². The summed E-state index contributed by atoms with van der Waals surface area (Å²) in [5, 5.41) is 8.86. The Bertz CT molecular complexity index is 768. The van der Waals surface area contributed by atoms with E-state index in [0.717, 1.165) is 0 Å². The number of benzene rings is 1. The third-order valence-electron chi connectivity index (χ3n) is 3.48. The van der Waals surface area contributed by atoms with Gasteiger partial charge in [-0.05, 0) is 18.6 Å². The van der Waals surface area contributed by atoms with Crippen molar-refractivity contribution in [2.24, 2.45) is 5.92 Å². The number of hydrogen-bond acceptors (Lipinski definition) is 5. The van der Waals surface area contributed by atoms with Crippen LogP contribution in [-0.2, 0) is 10.0 Å². The van der Waals surface area contributed by atoms with Crippen molar-refractivity contribution in [2.45, 2.75) is 17.6 Å². The maximum absolute atomic E-state index is 12.3. The monoisotopic (exact) mass is 320 g/mol. The first kappa shape index (κ1) is 15.0. The molecule has 2 N–H and O–H groups in total. The molecule has 2 atom stereocenters. The molecule has 0 saturated heterocycles. The minimum Gasteiger partial charge on any atom is -0.423 e. The SMILES string of the molecule is O=S(=O)(N[C@@H]1C=C[C@H](CO)C1)c1cnc(-c2ccccc2)o1. The zero-order chi connectivity index (χ0) is 15.6. The molecule has 6 nitrogen and oxygen atoms in total. The molecule has 0 unspecified atom stereocenters. The molecule has 0 aliphatic heterocycles. The van der Waals surface area contributed by atoms with E-state index in [1.165, 1.54) is 6.20 Å². The molecular formula is C15H16N2O4S. The third kappa shape index (κ3) is 3.11. The fourth-order valence-electron chi connectivity index (χ4n) is 2.35. The molecule has 3 rings (SSSR count). The molecular weight excluding hydrogens is 304 g/mol. The van der Waals surface area contributed by atoms with E-state index in [1.54, 1.807) is 18.2 Å². The summed E-state index contributed by atoms with van der Waals surface area (Å²) < 4.78 is 32.5. The predicted molar refractivity (Wildman–Crippen MR) is 80.4 cm³/mol. The van der Waals surface area contributed by atoms with E-state index in [1.807, 2.05) is 24.3 Å². The Morgan fingerprint density at radius 2 is 2.05 bits per heavy atom. The van der Waals surface area contributed by atoms with Crippen LogP contribution >= 0.6 is 0 Å². The molecule has 1 aliphatic rings. The zero-order valence-corrected chi connectivity index (χ0v) is 12.5. The van der Waals surface area contributed by atoms with Gasteiger partial charge in [-0.1, -0.05) is 30.4 Å². The smallest absolute Gasteiger partial charge is 0.276 e. The lowest BCUT2D eigenvalue weighted by Crippen LogP contribution is -2.32. The van der Waals surface area contributed by atoms with Gasteiger partial charge < -0.3 is 9.52 Å². The average Bonchev–Trinajstić information content (AvgIpc) is 3.17. The molecule has 0 bridgehead atoms. The van der Waals surface area contributed by atoms with Gasteiger partial charge in [0.1, 0.15) is 0 Å². The van der Waals surface area contributed by atoms with E-state index in [0.29, 0.717) is 12.0 Å². The summed E-state index contributed by atoms with van der Waals surface area (Å²) in [4.78, 5) is 4.01. The molecule has 2 aromatic rings. The number of aliphatic hydroxyl groups is 1. The number of oxazole rings is 1. The van der Waals surface area contributed by atoms with Crippen LogP contribution in [0, 0.1) is 5.92 Å². The van der Waals surface area contributed by atoms with E-state index in [4.69, 9.17) is 9.52 Å². The van der Waals surface area contributed by atoms with Crippen LogP contribution in [0.2, 0.25) is 0 Å². The Labute approximate surface area is 128 Å². The summed E-state index contributed by atoms with van der Waals surface area (Å²) in [6, 6.07) is 8.75. The highest BCUT2D eigenvalue weighted by Crippen LogP contribution is 2.23. The first-order valence-electron chi connectivity index (χ1n) is 6.91. The van der Waals surface area contributed by atoms with E-state index in [9.17, 15) is 8.42 Å². The van der Waals surface area contributed by atoms with Crippen molar-refractivity contribution in [3.05, 3.63) is 48.7 Å². The van der Waals surface area contributed by atoms with Gasteiger partial charge in [0.2, 0.25) is 5.89 Å². The molecule has 0 radical (unpaired) electrons. The van der Waals surface area contributed by atoms with E-state index in [2.05, 4.69) is 9.71 Å². The van der Waals surface area contributed by atoms with Gasteiger partial charge in [0.05, 0.1) is 6.20 Å². The van der Waals surface area contributed by atoms with Crippen molar-refractivity contribution in [3.8, 4) is 11.5 Å². The van der Waals surface area contributed by atoms with Crippen LogP contribution in [0.3, 0.4) is 0 Å². The number of aromatic nitrogens is 1. The van der Waals surface area contributed by atoms with Crippen LogP contribution in [0.25, 0.3) is 11.5 Å². The van der Waals surface area contributed by atoms with Crippen LogP contribution in [0.4, 0.5) is 0 Å². The van der Waals surface area contributed by atoms with Gasteiger partial charge >= 0.3 is 0 Å². The largest absolute Gasteiger partial charge is 0.423 e. The summed E-state index contributed by atoms with van der Waals surface area (Å²) in [7, 11) is -3.77. The van der Waals surface area contributed by atoms with Crippen molar-refractivity contribution >= 4 is 10.0 Å². The second-order valence-electron chi connectivity index (χ2n) is 5.14. The minimum absolute atomic E-state index is 0.00912. The molecule has 0 saturated carbocycles. The van der Waals surface area contributed by atoms with Gasteiger partial charge in [-0.15, -0.1) is 0 Å². The third-order valence-corrected chi connectivity index (χ3v) is 4.81. The van der Waals surface area contributed by atoms with Crippen LogP contribution < -0.4 is 4.72 Å². The van der Waals surface area contributed by atoms with Crippen LogP contribution in [-0.4, -0.2) is 31.2 Å². The van der Waals surface area contributed by atoms with Crippen molar-refractivity contribution in [3.63, 3.8) is 0 Å². The number of nitrogens with zero attached hydrogens (tertiary/aromatic N) is 1. The van der Waals surface area contributed by atoms with Crippen molar-refractivity contribution < 1.29 is 17.9 Å². The standard InChI is InChI=1S/C15H16N2O4S/c18-10-11-6-7-13(8-11)17-22(19,20)14-9-16-15(21-14)12-4-2-1-3-5-12/h1-7,9,11,13,17-18H,8,10H2/t11-,13+/m0/s1. The van der Waals surface area contributed by atoms with Gasteiger partial charge in [0.25, 0.3) is 15.1 Å². The summed E-state index contributed by atoms with van der Waals surface area (Å²) in [6.45, 7) is 0.00912. The summed E-state index contributed by atoms with van der Waals surface area (Å²) >= 11 is 0. The summed E-state index contributed by atoms with van der Waals surface area (Å²) in [5.41, 5.74) is 0.713. The Morgan fingerprint density at radius 3 is 2.73 bits per heavy atom. The highest BCUT2D eigenvalue weighted by atomic mass is 32.2. The number of aliphatic hydroxyl groups excluding tert-OH is 1. The topological polar surface area (TPSA) is 92.4 Å².